The molecule has 1 aromatic carbocycles. The first-order valence-corrected chi connectivity index (χ1v) is 8.52. The molecule has 2 aliphatic rings. The van der Waals surface area contributed by atoms with E-state index >= 15 is 0 Å². The van der Waals surface area contributed by atoms with E-state index in [0.29, 0.717) is 18.4 Å². The van der Waals surface area contributed by atoms with Gasteiger partial charge >= 0.3 is 6.03 Å². The highest BCUT2D eigenvalue weighted by Crippen LogP contribution is 2.48. The van der Waals surface area contributed by atoms with Crippen molar-refractivity contribution in [3.63, 3.8) is 0 Å². The Morgan fingerprint density at radius 3 is 2.83 bits per heavy atom. The second kappa shape index (κ2) is 6.60. The lowest BCUT2D eigenvalue weighted by atomic mass is 9.90. The highest BCUT2D eigenvalue weighted by atomic mass is 16.2. The zero-order chi connectivity index (χ0) is 16.3. The van der Waals surface area contributed by atoms with Gasteiger partial charge in [0.2, 0.25) is 5.91 Å². The van der Waals surface area contributed by atoms with Gasteiger partial charge in [0.15, 0.2) is 0 Å². The van der Waals surface area contributed by atoms with Crippen LogP contribution in [-0.2, 0) is 4.79 Å². The van der Waals surface area contributed by atoms with E-state index in [1.54, 1.807) is 0 Å². The number of benzene rings is 1. The molecule has 23 heavy (non-hydrogen) atoms. The van der Waals surface area contributed by atoms with Crippen molar-refractivity contribution in [3.05, 3.63) is 29.8 Å². The first kappa shape index (κ1) is 15.8. The largest absolute Gasteiger partial charge is 0.338 e. The van der Waals surface area contributed by atoms with Crippen LogP contribution in [0.2, 0.25) is 0 Å². The molecule has 3 N–H and O–H groups in total. The first-order chi connectivity index (χ1) is 11.1. The first-order valence-electron chi connectivity index (χ1n) is 8.52. The van der Waals surface area contributed by atoms with Gasteiger partial charge in [-0.05, 0) is 36.3 Å². The van der Waals surface area contributed by atoms with Crippen LogP contribution in [0.15, 0.2) is 24.3 Å². The summed E-state index contributed by atoms with van der Waals surface area (Å²) in [5, 5.41) is 8.80. The molecule has 1 saturated carbocycles. The maximum Gasteiger partial charge on any atom is 0.314 e. The van der Waals surface area contributed by atoms with Gasteiger partial charge in [-0.2, -0.15) is 0 Å². The molecule has 0 radical (unpaired) electrons. The second-order valence-corrected chi connectivity index (χ2v) is 6.85. The third-order valence-corrected chi connectivity index (χ3v) is 4.98. The Labute approximate surface area is 137 Å². The number of carbonyl (C=O) groups is 2. The van der Waals surface area contributed by atoms with Crippen LogP contribution in [0.25, 0.3) is 0 Å². The van der Waals surface area contributed by atoms with Crippen LogP contribution in [0.4, 0.5) is 10.5 Å². The van der Waals surface area contributed by atoms with Gasteiger partial charge in [0.25, 0.3) is 0 Å². The Balaban J connectivity index is 1.50. The molecule has 1 aliphatic carbocycles. The number of carbonyl (C=O) groups excluding carboxylic acids is 2. The molecule has 5 heteroatoms. The molecule has 0 bridgehead atoms. The molecular weight excluding hydrogens is 290 g/mol. The lowest BCUT2D eigenvalue weighted by Crippen LogP contribution is -2.41. The van der Waals surface area contributed by atoms with E-state index in [4.69, 9.17) is 0 Å². The third kappa shape index (κ3) is 3.84. The van der Waals surface area contributed by atoms with Crippen LogP contribution >= 0.6 is 0 Å². The molecule has 3 amide bonds. The summed E-state index contributed by atoms with van der Waals surface area (Å²) < 4.78 is 0. The highest BCUT2D eigenvalue weighted by Gasteiger charge is 2.41. The minimum atomic E-state index is -0.129. The van der Waals surface area contributed by atoms with E-state index in [0.717, 1.165) is 24.2 Å². The summed E-state index contributed by atoms with van der Waals surface area (Å²) >= 11 is 0. The van der Waals surface area contributed by atoms with Crippen LogP contribution in [-0.4, -0.2) is 25.0 Å². The molecule has 5 nitrogen and oxygen atoms in total. The summed E-state index contributed by atoms with van der Waals surface area (Å²) in [5.41, 5.74) is 2.30. The molecule has 1 aromatic rings. The van der Waals surface area contributed by atoms with Gasteiger partial charge in [0.05, 0.1) is 0 Å². The van der Waals surface area contributed by atoms with E-state index in [1.807, 2.05) is 24.3 Å². The van der Waals surface area contributed by atoms with Crippen LogP contribution < -0.4 is 16.0 Å². The molecule has 1 aliphatic heterocycles. The summed E-state index contributed by atoms with van der Waals surface area (Å²) in [5.74, 6) is 0.0482. The fourth-order valence-corrected chi connectivity index (χ4v) is 3.45. The number of para-hydroxylation sites is 1. The smallest absolute Gasteiger partial charge is 0.314 e. The van der Waals surface area contributed by atoms with Gasteiger partial charge in [-0.3, -0.25) is 4.79 Å². The number of amides is 3. The summed E-state index contributed by atoms with van der Waals surface area (Å²) in [6.45, 7) is 3.43. The zero-order valence-corrected chi connectivity index (χ0v) is 13.7. The average Bonchev–Trinajstić information content (AvgIpc) is 3.31. The molecule has 0 unspecified atom stereocenters. The zero-order valence-electron chi connectivity index (χ0n) is 13.7. The predicted octanol–water partition coefficient (Wildman–Crippen LogP) is 2.99. The Morgan fingerprint density at radius 2 is 2.09 bits per heavy atom. The van der Waals surface area contributed by atoms with Crippen LogP contribution in [0.3, 0.4) is 0 Å². The molecule has 1 atom stereocenters. The van der Waals surface area contributed by atoms with Gasteiger partial charge < -0.3 is 16.0 Å². The van der Waals surface area contributed by atoms with Crippen molar-refractivity contribution >= 4 is 17.6 Å². The molecule has 124 valence electrons. The van der Waals surface area contributed by atoms with Crippen molar-refractivity contribution in [2.24, 2.45) is 5.41 Å². The minimum Gasteiger partial charge on any atom is -0.338 e. The number of urea groups is 1. The molecule has 0 spiro atoms. The Bertz CT molecular complexity index is 596. The van der Waals surface area contributed by atoms with Crippen molar-refractivity contribution in [3.8, 4) is 0 Å². The van der Waals surface area contributed by atoms with Crippen molar-refractivity contribution in [1.82, 2.24) is 10.6 Å². The van der Waals surface area contributed by atoms with Crippen molar-refractivity contribution < 1.29 is 9.59 Å². The van der Waals surface area contributed by atoms with Gasteiger partial charge in [-0.15, -0.1) is 0 Å². The van der Waals surface area contributed by atoms with Crippen LogP contribution in [0, 0.1) is 5.41 Å². The van der Waals surface area contributed by atoms with E-state index in [-0.39, 0.29) is 17.9 Å². The minimum absolute atomic E-state index is 0.00999. The van der Waals surface area contributed by atoms with Crippen molar-refractivity contribution in [2.45, 2.75) is 44.9 Å². The Kier molecular flexibility index (Phi) is 4.55. The molecular formula is C18H25N3O2. The summed E-state index contributed by atoms with van der Waals surface area (Å²) in [7, 11) is 0. The second-order valence-electron chi connectivity index (χ2n) is 6.85. The summed E-state index contributed by atoms with van der Waals surface area (Å²) in [6, 6.07) is 7.66. The van der Waals surface area contributed by atoms with Gasteiger partial charge in [-0.1, -0.05) is 31.5 Å². The normalized spacial score (nSPS) is 21.1. The van der Waals surface area contributed by atoms with Crippen LogP contribution in [0.1, 0.15) is 50.5 Å². The highest BCUT2D eigenvalue weighted by molar-refractivity contribution is 5.94. The molecule has 1 heterocycles. The summed E-state index contributed by atoms with van der Waals surface area (Å²) in [6.07, 6.45) is 5.20. The van der Waals surface area contributed by atoms with Gasteiger partial charge in [0, 0.05) is 31.1 Å². The molecule has 1 fully saturated rings. The molecule has 0 saturated heterocycles. The van der Waals surface area contributed by atoms with Crippen LogP contribution in [0.5, 0.6) is 0 Å². The maximum absolute atomic E-state index is 12.0. The SMILES string of the molecule is CCCC1(CNC(=O)NC[C@@H]2CC(=O)Nc3ccccc32)CC1. The number of rotatable bonds is 6. The van der Waals surface area contributed by atoms with Crippen molar-refractivity contribution in [2.75, 3.05) is 18.4 Å². The monoisotopic (exact) mass is 315 g/mol. The lowest BCUT2D eigenvalue weighted by Gasteiger charge is -2.26. The Morgan fingerprint density at radius 1 is 1.30 bits per heavy atom. The quantitative estimate of drug-likeness (QED) is 0.755. The number of anilines is 1. The van der Waals surface area contributed by atoms with E-state index in [9.17, 15) is 9.59 Å². The number of nitrogens with one attached hydrogen (secondary N) is 3. The molecule has 0 aromatic heterocycles. The Hall–Kier alpha value is -2.04. The third-order valence-electron chi connectivity index (χ3n) is 4.98. The van der Waals surface area contributed by atoms with E-state index < -0.39 is 0 Å². The molecule has 3 rings (SSSR count). The lowest BCUT2D eigenvalue weighted by molar-refractivity contribution is -0.116. The van der Waals surface area contributed by atoms with Gasteiger partial charge in [-0.25, -0.2) is 4.79 Å². The van der Waals surface area contributed by atoms with Crippen molar-refractivity contribution in [1.29, 1.82) is 0 Å². The number of fused-ring (bicyclic) bond motifs is 1. The fourth-order valence-electron chi connectivity index (χ4n) is 3.45. The summed E-state index contributed by atoms with van der Waals surface area (Å²) in [4.78, 5) is 23.8. The number of hydrogen-bond acceptors (Lipinski definition) is 2. The fraction of sp³-hybridized carbons (Fsp3) is 0.556. The van der Waals surface area contributed by atoms with Gasteiger partial charge in [0.1, 0.15) is 0 Å². The number of hydrogen-bond donors (Lipinski definition) is 3. The van der Waals surface area contributed by atoms with E-state index in [1.165, 1.54) is 19.3 Å². The standard InChI is InChI=1S/C18H25N3O2/c1-2-7-18(8-9-18)12-20-17(23)19-11-13-10-16(22)21-15-6-4-3-5-14(13)15/h3-6,13H,2,7-12H2,1H3,(H,21,22)(H2,19,20,23)/t13-/m0/s1. The predicted molar refractivity (Wildman–Crippen MR) is 90.4 cm³/mol. The average molecular weight is 315 g/mol. The maximum atomic E-state index is 12.0. The topological polar surface area (TPSA) is 70.2 Å². The van der Waals surface area contributed by atoms with E-state index in [2.05, 4.69) is 22.9 Å².